The standard InChI is InChI=1S/4C7H8O.Ti/c4*1-6-3-2-4-7(8)5-6;/h4*2-5,8H,1H3;. The fraction of sp³-hybridized carbons (Fsp3) is 0.143. The fourth-order valence-corrected chi connectivity index (χ4v) is 2.51. The number of phenols is 4. The van der Waals surface area contributed by atoms with Crippen LogP contribution in [0.4, 0.5) is 0 Å². The van der Waals surface area contributed by atoms with Gasteiger partial charge in [0.25, 0.3) is 0 Å². The van der Waals surface area contributed by atoms with Gasteiger partial charge in [-0.2, -0.15) is 0 Å². The maximum Gasteiger partial charge on any atom is 0.115 e. The number of aromatic hydroxyl groups is 4. The van der Waals surface area contributed by atoms with Gasteiger partial charge in [-0.3, -0.25) is 0 Å². The van der Waals surface area contributed by atoms with Crippen LogP contribution < -0.4 is 0 Å². The molecule has 0 aliphatic rings. The molecular weight excluding hydrogens is 448 g/mol. The molecule has 0 aliphatic carbocycles. The summed E-state index contributed by atoms with van der Waals surface area (Å²) in [6.07, 6.45) is 0. The summed E-state index contributed by atoms with van der Waals surface area (Å²) in [7, 11) is 0. The first-order chi connectivity index (χ1) is 15.2. The van der Waals surface area contributed by atoms with Gasteiger partial charge in [0, 0.05) is 21.7 Å². The zero-order chi connectivity index (χ0) is 23.9. The van der Waals surface area contributed by atoms with Gasteiger partial charge in [0.2, 0.25) is 0 Å². The van der Waals surface area contributed by atoms with Crippen LogP contribution in [0.1, 0.15) is 22.3 Å². The Kier molecular flexibility index (Phi) is 14.8. The van der Waals surface area contributed by atoms with Crippen molar-refractivity contribution < 1.29 is 42.1 Å². The Labute approximate surface area is 211 Å². The van der Waals surface area contributed by atoms with E-state index in [1.807, 2.05) is 76.2 Å². The molecule has 4 aromatic rings. The first-order valence-corrected chi connectivity index (χ1v) is 10.2. The monoisotopic (exact) mass is 480 g/mol. The van der Waals surface area contributed by atoms with E-state index >= 15 is 0 Å². The Bertz CT molecular complexity index is 837. The molecule has 5 heteroatoms. The predicted octanol–water partition coefficient (Wildman–Crippen LogP) is 6.80. The van der Waals surface area contributed by atoms with E-state index in [0.717, 1.165) is 22.3 Å². The summed E-state index contributed by atoms with van der Waals surface area (Å²) in [4.78, 5) is 0. The van der Waals surface area contributed by atoms with E-state index in [9.17, 15) is 0 Å². The predicted molar refractivity (Wildman–Crippen MR) is 131 cm³/mol. The molecular formula is C28H32O4Ti. The summed E-state index contributed by atoms with van der Waals surface area (Å²) >= 11 is 0. The van der Waals surface area contributed by atoms with Crippen LogP contribution >= 0.6 is 0 Å². The molecule has 172 valence electrons. The van der Waals surface area contributed by atoms with Crippen molar-refractivity contribution in [1.82, 2.24) is 0 Å². The Hall–Kier alpha value is -3.21. The molecule has 0 fully saturated rings. The number of benzene rings is 4. The second kappa shape index (κ2) is 16.4. The molecule has 0 saturated heterocycles. The van der Waals surface area contributed by atoms with Crippen LogP contribution in [0.3, 0.4) is 0 Å². The summed E-state index contributed by atoms with van der Waals surface area (Å²) < 4.78 is 0. The minimum absolute atomic E-state index is 0. The normalized spacial score (nSPS) is 8.85. The number of rotatable bonds is 0. The largest absolute Gasteiger partial charge is 0.508 e. The Balaban J connectivity index is 0.000000410. The zero-order valence-electron chi connectivity index (χ0n) is 19.5. The van der Waals surface area contributed by atoms with Gasteiger partial charge in [-0.25, -0.2) is 0 Å². The van der Waals surface area contributed by atoms with Gasteiger partial charge in [0.1, 0.15) is 23.0 Å². The molecule has 0 atom stereocenters. The van der Waals surface area contributed by atoms with E-state index in [0.29, 0.717) is 23.0 Å². The van der Waals surface area contributed by atoms with Crippen molar-refractivity contribution in [2.75, 3.05) is 0 Å². The summed E-state index contributed by atoms with van der Waals surface area (Å²) in [5, 5.41) is 35.3. The zero-order valence-corrected chi connectivity index (χ0v) is 21.1. The number of phenolic OH excluding ortho intramolecular Hbond substituents is 4. The molecule has 0 spiro atoms. The van der Waals surface area contributed by atoms with Crippen LogP contribution in [0.2, 0.25) is 0 Å². The number of hydrogen-bond donors (Lipinski definition) is 4. The molecule has 4 aromatic carbocycles. The third kappa shape index (κ3) is 15.3. The summed E-state index contributed by atoms with van der Waals surface area (Å²) in [6.45, 7) is 7.78. The molecule has 33 heavy (non-hydrogen) atoms. The number of aryl methyl sites for hydroxylation is 4. The second-order valence-corrected chi connectivity index (χ2v) is 7.36. The molecule has 0 saturated carbocycles. The molecule has 0 aromatic heterocycles. The second-order valence-electron chi connectivity index (χ2n) is 7.36. The first kappa shape index (κ1) is 29.8. The van der Waals surface area contributed by atoms with Crippen LogP contribution in [-0.4, -0.2) is 20.4 Å². The van der Waals surface area contributed by atoms with Gasteiger partial charge in [-0.05, 0) is 98.5 Å². The Morgan fingerprint density at radius 1 is 0.364 bits per heavy atom. The quantitative estimate of drug-likeness (QED) is 0.209. The van der Waals surface area contributed by atoms with E-state index in [4.69, 9.17) is 20.4 Å². The van der Waals surface area contributed by atoms with E-state index < -0.39 is 0 Å². The van der Waals surface area contributed by atoms with Crippen molar-refractivity contribution in [3.05, 3.63) is 119 Å². The van der Waals surface area contributed by atoms with Crippen LogP contribution in [0, 0.1) is 27.7 Å². The van der Waals surface area contributed by atoms with Crippen LogP contribution in [0.25, 0.3) is 0 Å². The van der Waals surface area contributed by atoms with Crippen LogP contribution in [0.5, 0.6) is 23.0 Å². The van der Waals surface area contributed by atoms with E-state index in [1.165, 1.54) is 0 Å². The minimum Gasteiger partial charge on any atom is -0.508 e. The van der Waals surface area contributed by atoms with E-state index in [2.05, 4.69) is 0 Å². The molecule has 4 rings (SSSR count). The third-order valence-corrected chi connectivity index (χ3v) is 4.01. The molecule has 4 N–H and O–H groups in total. The van der Waals surface area contributed by atoms with Gasteiger partial charge in [-0.15, -0.1) is 0 Å². The summed E-state index contributed by atoms with van der Waals surface area (Å²) in [5.74, 6) is 1.35. The van der Waals surface area contributed by atoms with E-state index in [1.54, 1.807) is 48.5 Å². The van der Waals surface area contributed by atoms with Crippen molar-refractivity contribution in [3.8, 4) is 23.0 Å². The summed E-state index contributed by atoms with van der Waals surface area (Å²) in [5.41, 5.74) is 4.35. The summed E-state index contributed by atoms with van der Waals surface area (Å²) in [6, 6.07) is 28.6. The third-order valence-electron chi connectivity index (χ3n) is 4.01. The number of hydrogen-bond acceptors (Lipinski definition) is 4. The van der Waals surface area contributed by atoms with Crippen molar-refractivity contribution in [2.45, 2.75) is 27.7 Å². The molecule has 0 heterocycles. The average molecular weight is 480 g/mol. The van der Waals surface area contributed by atoms with E-state index in [-0.39, 0.29) is 21.7 Å². The van der Waals surface area contributed by atoms with Gasteiger partial charge in [0.05, 0.1) is 0 Å². The molecule has 0 unspecified atom stereocenters. The van der Waals surface area contributed by atoms with Gasteiger partial charge >= 0.3 is 0 Å². The minimum atomic E-state index is 0. The molecule has 0 radical (unpaired) electrons. The molecule has 0 bridgehead atoms. The maximum absolute atomic E-state index is 8.81. The SMILES string of the molecule is Cc1cccc(O)c1.Cc1cccc(O)c1.Cc1cccc(O)c1.Cc1cccc(O)c1.[Ti]. The van der Waals surface area contributed by atoms with Crippen molar-refractivity contribution >= 4 is 0 Å². The van der Waals surface area contributed by atoms with Gasteiger partial charge in [-0.1, -0.05) is 48.5 Å². The average Bonchev–Trinajstić information content (AvgIpc) is 2.69. The van der Waals surface area contributed by atoms with Crippen LogP contribution in [-0.2, 0) is 21.7 Å². The molecule has 0 aliphatic heterocycles. The van der Waals surface area contributed by atoms with Crippen molar-refractivity contribution in [1.29, 1.82) is 0 Å². The van der Waals surface area contributed by atoms with Crippen LogP contribution in [0.15, 0.2) is 97.1 Å². The topological polar surface area (TPSA) is 80.9 Å². The first-order valence-electron chi connectivity index (χ1n) is 10.2. The Morgan fingerprint density at radius 3 is 0.636 bits per heavy atom. The molecule has 4 nitrogen and oxygen atoms in total. The smallest absolute Gasteiger partial charge is 0.115 e. The molecule has 0 amide bonds. The fourth-order valence-electron chi connectivity index (χ4n) is 2.51. The van der Waals surface area contributed by atoms with Crippen molar-refractivity contribution in [3.63, 3.8) is 0 Å². The van der Waals surface area contributed by atoms with Gasteiger partial charge < -0.3 is 20.4 Å². The maximum atomic E-state index is 8.81. The van der Waals surface area contributed by atoms with Gasteiger partial charge in [0.15, 0.2) is 0 Å². The Morgan fingerprint density at radius 2 is 0.545 bits per heavy atom. The van der Waals surface area contributed by atoms with Crippen molar-refractivity contribution in [2.24, 2.45) is 0 Å².